The fourth-order valence-corrected chi connectivity index (χ4v) is 2.64. The van der Waals surface area contributed by atoms with E-state index in [9.17, 15) is 14.4 Å². The second-order valence-electron chi connectivity index (χ2n) is 7.10. The maximum absolute atomic E-state index is 12.4. The first-order valence-electron chi connectivity index (χ1n) is 9.24. The molecule has 0 atom stereocenters. The molecule has 0 unspecified atom stereocenters. The van der Waals surface area contributed by atoms with Crippen LogP contribution in [0.5, 0.6) is 0 Å². The molecule has 0 aromatic heterocycles. The summed E-state index contributed by atoms with van der Waals surface area (Å²) in [5, 5.41) is 0. The van der Waals surface area contributed by atoms with Crippen molar-refractivity contribution in [2.75, 3.05) is 6.61 Å². The van der Waals surface area contributed by atoms with Gasteiger partial charge in [-0.15, -0.1) is 0 Å². The normalized spacial score (nSPS) is 10.6. The molecule has 2 rings (SSSR count). The van der Waals surface area contributed by atoms with Gasteiger partial charge < -0.3 is 4.74 Å². The molecular formula is C22H26N2O4. The van der Waals surface area contributed by atoms with Gasteiger partial charge in [-0.3, -0.25) is 20.4 Å². The molecule has 148 valence electrons. The van der Waals surface area contributed by atoms with Gasteiger partial charge in [0, 0.05) is 5.56 Å². The monoisotopic (exact) mass is 382 g/mol. The molecule has 28 heavy (non-hydrogen) atoms. The number of hydrogen-bond acceptors (Lipinski definition) is 4. The third-order valence-electron chi connectivity index (χ3n) is 4.27. The summed E-state index contributed by atoms with van der Waals surface area (Å²) in [5.74, 6) is -1.15. The summed E-state index contributed by atoms with van der Waals surface area (Å²) in [7, 11) is 0. The number of benzene rings is 2. The van der Waals surface area contributed by atoms with E-state index in [-0.39, 0.29) is 5.92 Å². The first-order chi connectivity index (χ1) is 13.3. The van der Waals surface area contributed by atoms with E-state index in [2.05, 4.69) is 24.7 Å². The molecule has 0 fully saturated rings. The van der Waals surface area contributed by atoms with Crippen molar-refractivity contribution in [3.63, 3.8) is 0 Å². The van der Waals surface area contributed by atoms with E-state index in [0.29, 0.717) is 17.0 Å². The topological polar surface area (TPSA) is 84.5 Å². The number of esters is 1. The summed E-state index contributed by atoms with van der Waals surface area (Å²) in [6.07, 6.45) is 0. The summed E-state index contributed by atoms with van der Waals surface area (Å²) in [6.45, 7) is 7.69. The van der Waals surface area contributed by atoms with Crippen molar-refractivity contribution in [3.8, 4) is 0 Å². The van der Waals surface area contributed by atoms with Gasteiger partial charge in [0.1, 0.15) is 0 Å². The molecule has 2 N–H and O–H groups in total. The zero-order valence-electron chi connectivity index (χ0n) is 16.6. The number of hydrazine groups is 1. The van der Waals surface area contributed by atoms with Gasteiger partial charge in [0.05, 0.1) is 5.56 Å². The third kappa shape index (κ3) is 5.67. The third-order valence-corrected chi connectivity index (χ3v) is 4.27. The largest absolute Gasteiger partial charge is 0.452 e. The quantitative estimate of drug-likeness (QED) is 0.591. The van der Waals surface area contributed by atoms with Crippen LogP contribution in [0, 0.1) is 0 Å². The highest BCUT2D eigenvalue weighted by molar-refractivity contribution is 5.96. The highest BCUT2D eigenvalue weighted by atomic mass is 16.5. The zero-order valence-corrected chi connectivity index (χ0v) is 16.6. The standard InChI is InChI=1S/C22H26N2O4/c1-14(2)17-10-11-18(19(12-17)15(3)4)22(27)28-13-20(25)23-24-21(26)16-8-6-5-7-9-16/h5-12,14-15H,13H2,1-4H3,(H,23,25)(H,24,26). The summed E-state index contributed by atoms with van der Waals surface area (Å²) in [6, 6.07) is 14.1. The van der Waals surface area contributed by atoms with E-state index in [1.807, 2.05) is 26.0 Å². The van der Waals surface area contributed by atoms with Crippen molar-refractivity contribution in [2.24, 2.45) is 0 Å². The van der Waals surface area contributed by atoms with Crippen molar-refractivity contribution in [1.29, 1.82) is 0 Å². The van der Waals surface area contributed by atoms with Gasteiger partial charge in [-0.25, -0.2) is 4.79 Å². The second-order valence-corrected chi connectivity index (χ2v) is 7.10. The SMILES string of the molecule is CC(C)c1ccc(C(=O)OCC(=O)NNC(=O)c2ccccc2)c(C(C)C)c1. The summed E-state index contributed by atoms with van der Waals surface area (Å²) >= 11 is 0. The number of ether oxygens (including phenoxy) is 1. The maximum Gasteiger partial charge on any atom is 0.338 e. The Morgan fingerprint density at radius 3 is 2.18 bits per heavy atom. The average Bonchev–Trinajstić information content (AvgIpc) is 2.70. The van der Waals surface area contributed by atoms with Gasteiger partial charge in [0.2, 0.25) is 0 Å². The molecule has 0 saturated carbocycles. The van der Waals surface area contributed by atoms with Gasteiger partial charge in [0.15, 0.2) is 6.61 Å². The van der Waals surface area contributed by atoms with Crippen LogP contribution in [-0.4, -0.2) is 24.4 Å². The highest BCUT2D eigenvalue weighted by Crippen LogP contribution is 2.25. The number of carbonyl (C=O) groups excluding carboxylic acids is 3. The molecule has 0 bridgehead atoms. The summed E-state index contributed by atoms with van der Waals surface area (Å²) in [4.78, 5) is 36.2. The van der Waals surface area contributed by atoms with Crippen LogP contribution in [-0.2, 0) is 9.53 Å². The van der Waals surface area contributed by atoms with E-state index in [4.69, 9.17) is 4.74 Å². The first kappa shape index (κ1) is 21.2. The Kier molecular flexibility index (Phi) is 7.32. The van der Waals surface area contributed by atoms with Gasteiger partial charge in [-0.1, -0.05) is 58.0 Å². The maximum atomic E-state index is 12.4. The molecule has 2 amide bonds. The zero-order chi connectivity index (χ0) is 20.7. The van der Waals surface area contributed by atoms with Crippen LogP contribution in [0.2, 0.25) is 0 Å². The molecular weight excluding hydrogens is 356 g/mol. The summed E-state index contributed by atoms with van der Waals surface area (Å²) in [5.41, 5.74) is 7.39. The Morgan fingerprint density at radius 2 is 1.57 bits per heavy atom. The number of amides is 2. The number of hydrogen-bond donors (Lipinski definition) is 2. The minimum absolute atomic E-state index is 0.139. The molecule has 2 aromatic carbocycles. The second kappa shape index (κ2) is 9.69. The van der Waals surface area contributed by atoms with Crippen LogP contribution in [0.3, 0.4) is 0 Å². The fourth-order valence-electron chi connectivity index (χ4n) is 2.64. The lowest BCUT2D eigenvalue weighted by molar-refractivity contribution is -0.125. The predicted molar refractivity (Wildman–Crippen MR) is 107 cm³/mol. The average molecular weight is 382 g/mol. The Morgan fingerprint density at radius 1 is 0.893 bits per heavy atom. The van der Waals surface area contributed by atoms with Crippen molar-refractivity contribution < 1.29 is 19.1 Å². The predicted octanol–water partition coefficient (Wildman–Crippen LogP) is 3.55. The van der Waals surface area contributed by atoms with E-state index in [0.717, 1.165) is 11.1 Å². The van der Waals surface area contributed by atoms with Gasteiger partial charge in [-0.2, -0.15) is 0 Å². The van der Waals surface area contributed by atoms with Crippen LogP contribution in [0.4, 0.5) is 0 Å². The van der Waals surface area contributed by atoms with Gasteiger partial charge in [-0.05, 0) is 41.2 Å². The molecule has 0 aliphatic carbocycles. The lowest BCUT2D eigenvalue weighted by atomic mass is 9.91. The minimum Gasteiger partial charge on any atom is -0.452 e. The number of carbonyl (C=O) groups is 3. The summed E-state index contributed by atoms with van der Waals surface area (Å²) < 4.78 is 5.12. The molecule has 6 nitrogen and oxygen atoms in total. The molecule has 0 radical (unpaired) electrons. The van der Waals surface area contributed by atoms with Gasteiger partial charge >= 0.3 is 5.97 Å². The van der Waals surface area contributed by atoms with Crippen LogP contribution in [0.25, 0.3) is 0 Å². The number of nitrogens with one attached hydrogen (secondary N) is 2. The van der Waals surface area contributed by atoms with E-state index >= 15 is 0 Å². The van der Waals surface area contributed by atoms with Crippen LogP contribution < -0.4 is 10.9 Å². The minimum atomic E-state index is -0.623. The van der Waals surface area contributed by atoms with Crippen LogP contribution in [0.1, 0.15) is 71.4 Å². The number of rotatable bonds is 6. The van der Waals surface area contributed by atoms with Gasteiger partial charge in [0.25, 0.3) is 11.8 Å². The van der Waals surface area contributed by atoms with Crippen molar-refractivity contribution >= 4 is 17.8 Å². The lowest BCUT2D eigenvalue weighted by Crippen LogP contribution is -2.43. The van der Waals surface area contributed by atoms with Crippen molar-refractivity contribution in [3.05, 3.63) is 70.8 Å². The van der Waals surface area contributed by atoms with Crippen LogP contribution in [0.15, 0.2) is 48.5 Å². The highest BCUT2D eigenvalue weighted by Gasteiger charge is 2.18. The molecule has 0 aliphatic heterocycles. The van der Waals surface area contributed by atoms with E-state index < -0.39 is 24.4 Å². The lowest BCUT2D eigenvalue weighted by Gasteiger charge is -2.15. The Bertz CT molecular complexity index is 845. The van der Waals surface area contributed by atoms with E-state index in [1.54, 1.807) is 36.4 Å². The fraction of sp³-hybridized carbons (Fsp3) is 0.318. The van der Waals surface area contributed by atoms with Crippen molar-refractivity contribution in [2.45, 2.75) is 39.5 Å². The van der Waals surface area contributed by atoms with Crippen molar-refractivity contribution in [1.82, 2.24) is 10.9 Å². The molecule has 0 saturated heterocycles. The molecule has 0 aliphatic rings. The smallest absolute Gasteiger partial charge is 0.338 e. The Labute approximate surface area is 165 Å². The molecule has 6 heteroatoms. The Balaban J connectivity index is 1.92. The molecule has 2 aromatic rings. The Hall–Kier alpha value is -3.15. The molecule has 0 spiro atoms. The van der Waals surface area contributed by atoms with Crippen LogP contribution >= 0.6 is 0 Å². The molecule has 0 heterocycles. The first-order valence-corrected chi connectivity index (χ1v) is 9.24. The van der Waals surface area contributed by atoms with E-state index in [1.165, 1.54) is 0 Å².